The molecule has 1 aliphatic heterocycles. The Hall–Kier alpha value is -3.74. The molecule has 0 N–H and O–H groups in total. The molecule has 31 heavy (non-hydrogen) atoms. The molecule has 0 saturated heterocycles. The van der Waals surface area contributed by atoms with E-state index in [-0.39, 0.29) is 24.2 Å². The summed E-state index contributed by atoms with van der Waals surface area (Å²) in [5.41, 5.74) is 0.275. The van der Waals surface area contributed by atoms with Gasteiger partial charge in [0.05, 0.1) is 13.7 Å². The highest BCUT2D eigenvalue weighted by atomic mass is 16.6. The molecule has 0 aliphatic carbocycles. The van der Waals surface area contributed by atoms with E-state index in [1.807, 2.05) is 48.5 Å². The van der Waals surface area contributed by atoms with Gasteiger partial charge in [0, 0.05) is 7.05 Å². The summed E-state index contributed by atoms with van der Waals surface area (Å²) in [6.45, 7) is 0.266. The summed E-state index contributed by atoms with van der Waals surface area (Å²) in [6.07, 6.45) is -0.305. The van der Waals surface area contributed by atoms with Crippen molar-refractivity contribution < 1.29 is 28.5 Å². The molecule has 3 aromatic rings. The lowest BCUT2D eigenvalue weighted by Gasteiger charge is -2.29. The lowest BCUT2D eigenvalue weighted by atomic mass is 10.1. The highest BCUT2D eigenvalue weighted by molar-refractivity contribution is 5.99. The van der Waals surface area contributed by atoms with Gasteiger partial charge in [0.15, 0.2) is 24.2 Å². The van der Waals surface area contributed by atoms with Crippen molar-refractivity contribution >= 4 is 22.6 Å². The van der Waals surface area contributed by atoms with E-state index in [0.29, 0.717) is 30.4 Å². The van der Waals surface area contributed by atoms with Crippen LogP contribution < -0.4 is 14.2 Å². The number of likely N-dealkylation sites (N-methyl/N-ethyl adjacent to an activating group) is 1. The number of amides is 1. The Morgan fingerprint density at radius 2 is 1.71 bits per heavy atom. The number of fused-ring (bicyclic) bond motifs is 2. The first-order valence-corrected chi connectivity index (χ1v) is 9.91. The molecule has 0 bridgehead atoms. The topological polar surface area (TPSA) is 74.3 Å². The van der Waals surface area contributed by atoms with Crippen LogP contribution in [-0.2, 0) is 9.53 Å². The number of hydrogen-bond acceptors (Lipinski definition) is 6. The van der Waals surface area contributed by atoms with Crippen molar-refractivity contribution in [3.05, 3.63) is 66.2 Å². The predicted molar refractivity (Wildman–Crippen MR) is 115 cm³/mol. The zero-order chi connectivity index (χ0) is 21.8. The van der Waals surface area contributed by atoms with E-state index in [2.05, 4.69) is 0 Å². The Morgan fingerprint density at radius 3 is 2.45 bits per heavy atom. The molecule has 0 unspecified atom stereocenters. The predicted octanol–water partition coefficient (Wildman–Crippen LogP) is 3.30. The summed E-state index contributed by atoms with van der Waals surface area (Å²) < 4.78 is 22.1. The normalized spacial score (nSPS) is 14.7. The lowest BCUT2D eigenvalue weighted by molar-refractivity contribution is -0.134. The number of para-hydroxylation sites is 2. The van der Waals surface area contributed by atoms with Crippen molar-refractivity contribution in [1.82, 2.24) is 4.90 Å². The fourth-order valence-electron chi connectivity index (χ4n) is 3.42. The van der Waals surface area contributed by atoms with Gasteiger partial charge in [-0.1, -0.05) is 36.4 Å². The molecule has 4 rings (SSSR count). The number of esters is 1. The fraction of sp³-hybridized carbons (Fsp3) is 0.250. The third kappa shape index (κ3) is 4.55. The molecule has 0 aromatic heterocycles. The van der Waals surface area contributed by atoms with Crippen LogP contribution in [0, 0.1) is 0 Å². The zero-order valence-electron chi connectivity index (χ0n) is 17.4. The zero-order valence-corrected chi connectivity index (χ0v) is 17.4. The highest BCUT2D eigenvalue weighted by Crippen LogP contribution is 2.31. The maximum atomic E-state index is 12.6. The highest BCUT2D eigenvalue weighted by Gasteiger charge is 2.24. The van der Waals surface area contributed by atoms with Gasteiger partial charge in [-0.05, 0) is 35.0 Å². The molecule has 7 heteroatoms. The Morgan fingerprint density at radius 1 is 1.03 bits per heavy atom. The number of carbonyl (C=O) groups excluding carboxylic acids is 2. The van der Waals surface area contributed by atoms with Crippen LogP contribution in [0.5, 0.6) is 17.2 Å². The molecule has 160 valence electrons. The monoisotopic (exact) mass is 421 g/mol. The van der Waals surface area contributed by atoms with Crippen LogP contribution in [0.4, 0.5) is 0 Å². The molecular weight excluding hydrogens is 398 g/mol. The molecule has 0 saturated carbocycles. The van der Waals surface area contributed by atoms with Crippen LogP contribution in [0.1, 0.15) is 10.4 Å². The van der Waals surface area contributed by atoms with Gasteiger partial charge in [-0.25, -0.2) is 4.79 Å². The van der Waals surface area contributed by atoms with Gasteiger partial charge in [0.25, 0.3) is 5.91 Å². The van der Waals surface area contributed by atoms with Gasteiger partial charge in [-0.15, -0.1) is 0 Å². The van der Waals surface area contributed by atoms with E-state index in [9.17, 15) is 9.59 Å². The van der Waals surface area contributed by atoms with Gasteiger partial charge in [-0.2, -0.15) is 0 Å². The first-order valence-electron chi connectivity index (χ1n) is 9.91. The molecule has 1 amide bonds. The minimum atomic E-state index is -0.615. The SMILES string of the molecule is COc1cc2ccccc2cc1C(=O)OCC(=O)N(C)C[C@@H]1COc2ccccc2O1. The lowest BCUT2D eigenvalue weighted by Crippen LogP contribution is -2.43. The summed E-state index contributed by atoms with van der Waals surface area (Å²) in [5, 5.41) is 1.83. The van der Waals surface area contributed by atoms with Crippen molar-refractivity contribution in [3.8, 4) is 17.2 Å². The minimum Gasteiger partial charge on any atom is -0.496 e. The average molecular weight is 421 g/mol. The van der Waals surface area contributed by atoms with Crippen LogP contribution in [0.15, 0.2) is 60.7 Å². The van der Waals surface area contributed by atoms with Gasteiger partial charge in [0.1, 0.15) is 17.9 Å². The van der Waals surface area contributed by atoms with Crippen molar-refractivity contribution in [1.29, 1.82) is 0 Å². The molecule has 1 atom stereocenters. The summed E-state index contributed by atoms with van der Waals surface area (Å²) in [5.74, 6) is 0.780. The number of methoxy groups -OCH3 is 1. The van der Waals surface area contributed by atoms with Crippen LogP contribution in [0.3, 0.4) is 0 Å². The van der Waals surface area contributed by atoms with E-state index in [0.717, 1.165) is 10.8 Å². The summed E-state index contributed by atoms with van der Waals surface area (Å²) in [7, 11) is 3.13. The first-order chi connectivity index (χ1) is 15.0. The number of rotatable bonds is 6. The van der Waals surface area contributed by atoms with Crippen molar-refractivity contribution in [2.75, 3.05) is 33.9 Å². The van der Waals surface area contributed by atoms with Gasteiger partial charge >= 0.3 is 5.97 Å². The van der Waals surface area contributed by atoms with Crippen LogP contribution >= 0.6 is 0 Å². The fourth-order valence-corrected chi connectivity index (χ4v) is 3.42. The maximum absolute atomic E-state index is 12.6. The molecule has 3 aromatic carbocycles. The standard InChI is InChI=1S/C24H23NO6/c1-25(13-18-14-29-20-9-5-6-10-21(20)31-18)23(26)15-30-24(27)19-11-16-7-3-4-8-17(16)12-22(19)28-2/h3-12,18H,13-15H2,1-2H3/t18-/m1/s1. The van der Waals surface area contributed by atoms with Gasteiger partial charge < -0.3 is 23.8 Å². The van der Waals surface area contributed by atoms with Crippen LogP contribution in [-0.4, -0.2) is 56.8 Å². The average Bonchev–Trinajstić information content (AvgIpc) is 2.81. The Balaban J connectivity index is 1.35. The summed E-state index contributed by atoms with van der Waals surface area (Å²) >= 11 is 0. The van der Waals surface area contributed by atoms with E-state index in [1.165, 1.54) is 12.0 Å². The van der Waals surface area contributed by atoms with Crippen molar-refractivity contribution in [3.63, 3.8) is 0 Å². The van der Waals surface area contributed by atoms with E-state index >= 15 is 0 Å². The quantitative estimate of drug-likeness (QED) is 0.569. The van der Waals surface area contributed by atoms with Crippen molar-refractivity contribution in [2.24, 2.45) is 0 Å². The summed E-state index contributed by atoms with van der Waals surface area (Å²) in [4.78, 5) is 26.6. The molecule has 0 radical (unpaired) electrons. The Bertz CT molecular complexity index is 1110. The molecule has 1 heterocycles. The van der Waals surface area contributed by atoms with E-state index in [1.54, 1.807) is 19.2 Å². The molecule has 1 aliphatic rings. The summed E-state index contributed by atoms with van der Waals surface area (Å²) in [6, 6.07) is 18.5. The minimum absolute atomic E-state index is 0.275. The molecule has 7 nitrogen and oxygen atoms in total. The van der Waals surface area contributed by atoms with E-state index in [4.69, 9.17) is 18.9 Å². The number of ether oxygens (including phenoxy) is 4. The first kappa shape index (κ1) is 20.5. The maximum Gasteiger partial charge on any atom is 0.342 e. The Kier molecular flexibility index (Phi) is 5.93. The molecular formula is C24H23NO6. The number of carbonyl (C=O) groups is 2. The third-order valence-electron chi connectivity index (χ3n) is 5.09. The number of hydrogen-bond donors (Lipinski definition) is 0. The molecule has 0 spiro atoms. The second kappa shape index (κ2) is 8.95. The molecule has 0 fully saturated rings. The largest absolute Gasteiger partial charge is 0.496 e. The van der Waals surface area contributed by atoms with Gasteiger partial charge in [-0.3, -0.25) is 4.79 Å². The number of nitrogens with zero attached hydrogens (tertiary/aromatic N) is 1. The van der Waals surface area contributed by atoms with Crippen LogP contribution in [0.2, 0.25) is 0 Å². The second-order valence-corrected chi connectivity index (χ2v) is 7.25. The van der Waals surface area contributed by atoms with Gasteiger partial charge in [0.2, 0.25) is 0 Å². The Labute approximate surface area is 180 Å². The van der Waals surface area contributed by atoms with Crippen molar-refractivity contribution in [2.45, 2.75) is 6.10 Å². The van der Waals surface area contributed by atoms with Crippen LogP contribution in [0.25, 0.3) is 10.8 Å². The second-order valence-electron chi connectivity index (χ2n) is 7.25. The van der Waals surface area contributed by atoms with E-state index < -0.39 is 5.97 Å². The smallest absolute Gasteiger partial charge is 0.342 e. The third-order valence-corrected chi connectivity index (χ3v) is 5.09. The number of benzene rings is 3.